The third kappa shape index (κ3) is 4.05. The Kier molecular flexibility index (Phi) is 5.36. The molecule has 2 saturated heterocycles. The second-order valence-corrected chi connectivity index (χ2v) is 7.10. The van der Waals surface area contributed by atoms with E-state index in [4.69, 9.17) is 0 Å². The van der Waals surface area contributed by atoms with E-state index < -0.39 is 5.97 Å². The highest BCUT2D eigenvalue weighted by Crippen LogP contribution is 2.25. The van der Waals surface area contributed by atoms with Crippen molar-refractivity contribution in [3.63, 3.8) is 0 Å². The topological polar surface area (TPSA) is 76.9 Å². The Morgan fingerprint density at radius 2 is 2.00 bits per heavy atom. The van der Waals surface area contributed by atoms with Crippen LogP contribution in [0.15, 0.2) is 12.1 Å². The molecule has 3 rings (SSSR count). The number of hydrogen-bond acceptors (Lipinski definition) is 5. The van der Waals surface area contributed by atoms with Crippen molar-refractivity contribution in [2.24, 2.45) is 5.92 Å². The first-order valence-corrected chi connectivity index (χ1v) is 8.87. The quantitative estimate of drug-likeness (QED) is 0.876. The number of nitrogens with zero attached hydrogens (tertiary/aromatic N) is 3. The second-order valence-electron chi connectivity index (χ2n) is 7.10. The Balaban J connectivity index is 1.52. The van der Waals surface area contributed by atoms with E-state index in [1.165, 1.54) is 0 Å². The lowest BCUT2D eigenvalue weighted by Crippen LogP contribution is -2.49. The summed E-state index contributed by atoms with van der Waals surface area (Å²) in [5, 5.41) is 19.2. The van der Waals surface area contributed by atoms with Crippen molar-refractivity contribution in [2.45, 2.75) is 45.2 Å². The van der Waals surface area contributed by atoms with Crippen molar-refractivity contribution in [1.29, 1.82) is 0 Å². The normalized spacial score (nSPS) is 24.1. The Hall–Kier alpha value is -1.66. The standard InChI is InChI=1S/C18H27N3O3/c1-13-4-5-17(22)16(19-13)12-20-9-6-15(7-10-20)21-8-2-3-14(11-21)18(23)24/h4-5,14-15,22H,2-3,6-12H2,1H3,(H,23,24). The highest BCUT2D eigenvalue weighted by molar-refractivity contribution is 5.70. The number of carboxylic acid groups (broad SMARTS) is 1. The number of aromatic nitrogens is 1. The van der Waals surface area contributed by atoms with E-state index in [9.17, 15) is 15.0 Å². The van der Waals surface area contributed by atoms with Crippen LogP contribution in [0.4, 0.5) is 0 Å². The first-order valence-electron chi connectivity index (χ1n) is 8.87. The average molecular weight is 333 g/mol. The summed E-state index contributed by atoms with van der Waals surface area (Å²) in [6, 6.07) is 4.02. The van der Waals surface area contributed by atoms with Gasteiger partial charge in [0, 0.05) is 37.9 Å². The first-order chi connectivity index (χ1) is 11.5. The molecule has 3 heterocycles. The Morgan fingerprint density at radius 1 is 1.25 bits per heavy atom. The molecule has 2 N–H and O–H groups in total. The Labute approximate surface area is 143 Å². The highest BCUT2D eigenvalue weighted by atomic mass is 16.4. The molecular formula is C18H27N3O3. The number of aromatic hydroxyl groups is 1. The van der Waals surface area contributed by atoms with Crippen LogP contribution in [-0.2, 0) is 11.3 Å². The van der Waals surface area contributed by atoms with Crippen molar-refractivity contribution >= 4 is 5.97 Å². The molecular weight excluding hydrogens is 306 g/mol. The summed E-state index contributed by atoms with van der Waals surface area (Å²) >= 11 is 0. The van der Waals surface area contributed by atoms with E-state index in [0.717, 1.165) is 56.7 Å². The molecule has 24 heavy (non-hydrogen) atoms. The number of carboxylic acids is 1. The smallest absolute Gasteiger partial charge is 0.307 e. The predicted molar refractivity (Wildman–Crippen MR) is 90.9 cm³/mol. The fourth-order valence-corrected chi connectivity index (χ4v) is 3.91. The van der Waals surface area contributed by atoms with Gasteiger partial charge in [0.15, 0.2) is 0 Å². The van der Waals surface area contributed by atoms with Gasteiger partial charge in [-0.25, -0.2) is 0 Å². The van der Waals surface area contributed by atoms with Gasteiger partial charge in [-0.2, -0.15) is 0 Å². The molecule has 2 aliphatic rings. The fraction of sp³-hybridized carbons (Fsp3) is 0.667. The van der Waals surface area contributed by atoms with Gasteiger partial charge >= 0.3 is 5.97 Å². The van der Waals surface area contributed by atoms with Crippen molar-refractivity contribution in [1.82, 2.24) is 14.8 Å². The van der Waals surface area contributed by atoms with Gasteiger partial charge in [0.2, 0.25) is 0 Å². The molecule has 1 aromatic rings. The molecule has 1 aromatic heterocycles. The fourth-order valence-electron chi connectivity index (χ4n) is 3.91. The highest BCUT2D eigenvalue weighted by Gasteiger charge is 2.31. The third-order valence-electron chi connectivity index (χ3n) is 5.34. The van der Waals surface area contributed by atoms with Crippen LogP contribution in [0.1, 0.15) is 37.1 Å². The minimum atomic E-state index is -0.655. The number of carbonyl (C=O) groups is 1. The van der Waals surface area contributed by atoms with E-state index in [2.05, 4.69) is 14.8 Å². The van der Waals surface area contributed by atoms with E-state index in [0.29, 0.717) is 19.1 Å². The van der Waals surface area contributed by atoms with Gasteiger partial charge in [-0.3, -0.25) is 19.6 Å². The molecule has 0 aromatic carbocycles. The lowest BCUT2D eigenvalue weighted by molar-refractivity contribution is -0.144. The van der Waals surface area contributed by atoms with Crippen molar-refractivity contribution in [3.8, 4) is 5.75 Å². The van der Waals surface area contributed by atoms with Crippen molar-refractivity contribution in [3.05, 3.63) is 23.5 Å². The minimum absolute atomic E-state index is 0.203. The Bertz CT molecular complexity index is 585. The van der Waals surface area contributed by atoms with E-state index >= 15 is 0 Å². The molecule has 132 valence electrons. The van der Waals surface area contributed by atoms with Crippen LogP contribution in [0.25, 0.3) is 0 Å². The van der Waals surface area contributed by atoms with Crippen LogP contribution < -0.4 is 0 Å². The largest absolute Gasteiger partial charge is 0.506 e. The van der Waals surface area contributed by atoms with Gasteiger partial charge in [-0.05, 0) is 51.3 Å². The third-order valence-corrected chi connectivity index (χ3v) is 5.34. The zero-order valence-corrected chi connectivity index (χ0v) is 14.3. The number of likely N-dealkylation sites (tertiary alicyclic amines) is 2. The summed E-state index contributed by atoms with van der Waals surface area (Å²) in [5.74, 6) is -0.591. The molecule has 0 aliphatic carbocycles. The molecule has 0 spiro atoms. The zero-order valence-electron chi connectivity index (χ0n) is 14.3. The zero-order chi connectivity index (χ0) is 17.1. The molecule has 6 nitrogen and oxygen atoms in total. The van der Waals surface area contributed by atoms with Crippen LogP contribution in [0.2, 0.25) is 0 Å². The van der Waals surface area contributed by atoms with Gasteiger partial charge in [0.25, 0.3) is 0 Å². The number of hydrogen-bond donors (Lipinski definition) is 2. The molecule has 1 unspecified atom stereocenters. The lowest BCUT2D eigenvalue weighted by atomic mass is 9.94. The summed E-state index contributed by atoms with van der Waals surface area (Å²) < 4.78 is 0. The van der Waals surface area contributed by atoms with Crippen molar-refractivity contribution < 1.29 is 15.0 Å². The van der Waals surface area contributed by atoms with Gasteiger partial charge < -0.3 is 10.2 Å². The molecule has 0 saturated carbocycles. The summed E-state index contributed by atoms with van der Waals surface area (Å²) in [4.78, 5) is 20.4. The maximum Gasteiger partial charge on any atom is 0.307 e. The molecule has 2 fully saturated rings. The second kappa shape index (κ2) is 7.49. The van der Waals surface area contributed by atoms with Gasteiger partial charge in [0.05, 0.1) is 11.6 Å². The van der Waals surface area contributed by atoms with Crippen LogP contribution in [0.5, 0.6) is 5.75 Å². The van der Waals surface area contributed by atoms with Crippen molar-refractivity contribution in [2.75, 3.05) is 26.2 Å². The van der Waals surface area contributed by atoms with Gasteiger partial charge in [-0.15, -0.1) is 0 Å². The van der Waals surface area contributed by atoms with Crippen LogP contribution >= 0.6 is 0 Å². The number of rotatable bonds is 4. The number of aryl methyl sites for hydroxylation is 1. The summed E-state index contributed by atoms with van der Waals surface area (Å²) in [6.45, 7) is 6.26. The Morgan fingerprint density at radius 3 is 2.71 bits per heavy atom. The molecule has 1 atom stereocenters. The number of aliphatic carboxylic acids is 1. The number of piperidine rings is 2. The molecule has 0 bridgehead atoms. The summed E-state index contributed by atoms with van der Waals surface area (Å²) in [5.41, 5.74) is 1.67. The predicted octanol–water partition coefficient (Wildman–Crippen LogP) is 1.86. The van der Waals surface area contributed by atoms with Crippen LogP contribution in [0, 0.1) is 12.8 Å². The van der Waals surface area contributed by atoms with Gasteiger partial charge in [0.1, 0.15) is 5.75 Å². The molecule has 0 radical (unpaired) electrons. The first kappa shape index (κ1) is 17.2. The van der Waals surface area contributed by atoms with E-state index in [1.807, 2.05) is 13.0 Å². The summed E-state index contributed by atoms with van der Waals surface area (Å²) in [7, 11) is 0. The molecule has 6 heteroatoms. The summed E-state index contributed by atoms with van der Waals surface area (Å²) in [6.07, 6.45) is 3.90. The minimum Gasteiger partial charge on any atom is -0.506 e. The monoisotopic (exact) mass is 333 g/mol. The SMILES string of the molecule is Cc1ccc(O)c(CN2CCC(N3CCCC(C(=O)O)C3)CC2)n1. The average Bonchev–Trinajstić information content (AvgIpc) is 2.59. The molecule has 2 aliphatic heterocycles. The maximum absolute atomic E-state index is 11.2. The van der Waals surface area contributed by atoms with E-state index in [1.54, 1.807) is 6.07 Å². The maximum atomic E-state index is 11.2. The van der Waals surface area contributed by atoms with Crippen LogP contribution in [0.3, 0.4) is 0 Å². The lowest BCUT2D eigenvalue weighted by Gasteiger charge is -2.41. The number of pyridine rings is 1. The molecule has 0 amide bonds. The van der Waals surface area contributed by atoms with Gasteiger partial charge in [-0.1, -0.05) is 0 Å². The van der Waals surface area contributed by atoms with Crippen LogP contribution in [-0.4, -0.2) is 63.2 Å². The van der Waals surface area contributed by atoms with E-state index in [-0.39, 0.29) is 11.7 Å².